The summed E-state index contributed by atoms with van der Waals surface area (Å²) in [6, 6.07) is 5.32. The fraction of sp³-hybridized carbons (Fsp3) is 0.517. The van der Waals surface area contributed by atoms with Crippen LogP contribution in [0.15, 0.2) is 36.7 Å². The fourth-order valence-corrected chi connectivity index (χ4v) is 7.91. The van der Waals surface area contributed by atoms with E-state index in [0.717, 1.165) is 71.6 Å². The van der Waals surface area contributed by atoms with Gasteiger partial charge in [0.1, 0.15) is 6.10 Å². The van der Waals surface area contributed by atoms with Crippen LogP contribution in [0.2, 0.25) is 0 Å². The van der Waals surface area contributed by atoms with Crippen LogP contribution in [0.1, 0.15) is 43.7 Å². The average Bonchev–Trinajstić information content (AvgIpc) is 3.43. The van der Waals surface area contributed by atoms with E-state index in [1.54, 1.807) is 0 Å². The summed E-state index contributed by atoms with van der Waals surface area (Å²) in [5.41, 5.74) is 4.08. The maximum atomic E-state index is 12.8. The van der Waals surface area contributed by atoms with Gasteiger partial charge in [-0.2, -0.15) is 12.7 Å². The van der Waals surface area contributed by atoms with Crippen molar-refractivity contribution in [2.24, 2.45) is 0 Å². The Bertz CT molecular complexity index is 1750. The molecule has 2 amide bonds. The van der Waals surface area contributed by atoms with Crippen LogP contribution in [0, 0.1) is 0 Å². The van der Waals surface area contributed by atoms with Gasteiger partial charge < -0.3 is 20.3 Å². The molecule has 0 saturated carbocycles. The van der Waals surface area contributed by atoms with Gasteiger partial charge >= 0.3 is 6.03 Å². The second-order valence-corrected chi connectivity index (χ2v) is 15.9. The average molecular weight is 694 g/mol. The maximum Gasteiger partial charge on any atom is 0.314 e. The van der Waals surface area contributed by atoms with Gasteiger partial charge in [-0.15, -0.1) is 0 Å². The predicted octanol–water partition coefficient (Wildman–Crippen LogP) is 2.69. The zero-order valence-electron chi connectivity index (χ0n) is 25.6. The predicted molar refractivity (Wildman–Crippen MR) is 177 cm³/mol. The lowest BCUT2D eigenvalue weighted by Gasteiger charge is -2.31. The number of thiazole rings is 1. The summed E-state index contributed by atoms with van der Waals surface area (Å²) in [6.45, 7) is 3.89. The fourth-order valence-electron chi connectivity index (χ4n) is 5.34. The number of benzene rings is 1. The molecular formula is C29H39N7O7S3. The number of nitrogens with one attached hydrogen (secondary N) is 2. The molecule has 1 fully saturated rings. The third-order valence-electron chi connectivity index (χ3n) is 7.82. The summed E-state index contributed by atoms with van der Waals surface area (Å²) >= 11 is 1.51. The molecule has 2 aliphatic heterocycles. The quantitative estimate of drug-likeness (QED) is 0.224. The molecule has 46 heavy (non-hydrogen) atoms. The molecule has 5 rings (SSSR count). The molecule has 3 aromatic rings. The number of hydrogen-bond acceptors (Lipinski definition) is 11. The SMILES string of the molecule is CCCc1cnc(N2CCC(Oc3nc4ccc(C5=CCN(S(=O)(=O)CCNC(=O)NCCS(=O)(=O)O)CC5)cc4s3)CC2)nc1. The van der Waals surface area contributed by atoms with Crippen molar-refractivity contribution < 1.29 is 30.9 Å². The third kappa shape index (κ3) is 9.34. The zero-order chi connectivity index (χ0) is 32.7. The van der Waals surface area contributed by atoms with Gasteiger partial charge in [-0.1, -0.05) is 36.8 Å². The lowest BCUT2D eigenvalue weighted by atomic mass is 10.0. The Morgan fingerprint density at radius 3 is 2.43 bits per heavy atom. The second kappa shape index (κ2) is 15.0. The number of urea groups is 1. The first-order valence-corrected chi connectivity index (χ1v) is 19.3. The molecule has 0 aliphatic carbocycles. The number of nitrogens with zero attached hydrogens (tertiary/aromatic N) is 5. The number of carbonyl (C=O) groups excluding carboxylic acids is 1. The van der Waals surface area contributed by atoms with E-state index in [4.69, 9.17) is 9.29 Å². The third-order valence-corrected chi connectivity index (χ3v) is 11.3. The number of anilines is 1. The van der Waals surface area contributed by atoms with Gasteiger partial charge in [0.05, 0.1) is 21.7 Å². The molecule has 1 saturated heterocycles. The number of rotatable bonds is 13. The largest absolute Gasteiger partial charge is 0.467 e. The molecule has 2 aliphatic rings. The zero-order valence-corrected chi connectivity index (χ0v) is 28.0. The summed E-state index contributed by atoms with van der Waals surface area (Å²) in [5, 5.41) is 5.28. The number of piperidine rings is 1. The van der Waals surface area contributed by atoms with Crippen LogP contribution in [-0.4, -0.2) is 104 Å². The van der Waals surface area contributed by atoms with Crippen molar-refractivity contribution in [3.05, 3.63) is 47.8 Å². The van der Waals surface area contributed by atoms with Gasteiger partial charge in [0, 0.05) is 64.5 Å². The van der Waals surface area contributed by atoms with E-state index in [2.05, 4.69) is 43.5 Å². The van der Waals surface area contributed by atoms with Crippen molar-refractivity contribution in [3.63, 3.8) is 0 Å². The molecule has 250 valence electrons. The summed E-state index contributed by atoms with van der Waals surface area (Å²) < 4.78 is 64.4. The standard InChI is InChI=1S/C29H39N7O7S3/c1-2-3-21-19-32-27(33-20-21)35-12-8-24(9-13-35)43-29-34-25-5-4-23(18-26(25)44-29)22-6-14-36(15-7-22)45(38,39)16-10-30-28(37)31-11-17-46(40,41)42/h4-6,18-20,24H,2-3,7-17H2,1H3,(H2,30,31,37)(H,40,41,42). The number of amides is 2. The lowest BCUT2D eigenvalue weighted by Crippen LogP contribution is -2.43. The first kappa shape index (κ1) is 34.0. The van der Waals surface area contributed by atoms with Crippen molar-refractivity contribution in [2.75, 3.05) is 55.7 Å². The van der Waals surface area contributed by atoms with Crippen LogP contribution >= 0.6 is 11.3 Å². The molecule has 0 spiro atoms. The molecule has 17 heteroatoms. The summed E-state index contributed by atoms with van der Waals surface area (Å²) in [7, 11) is -7.81. The van der Waals surface area contributed by atoms with Crippen molar-refractivity contribution in [3.8, 4) is 5.19 Å². The van der Waals surface area contributed by atoms with E-state index in [9.17, 15) is 21.6 Å². The van der Waals surface area contributed by atoms with Crippen molar-refractivity contribution in [1.29, 1.82) is 0 Å². The normalized spacial score (nSPS) is 16.7. The van der Waals surface area contributed by atoms with Gasteiger partial charge in [-0.3, -0.25) is 4.55 Å². The van der Waals surface area contributed by atoms with Gasteiger partial charge in [0.15, 0.2) is 0 Å². The highest BCUT2D eigenvalue weighted by atomic mass is 32.2. The first-order valence-electron chi connectivity index (χ1n) is 15.3. The highest BCUT2D eigenvalue weighted by Gasteiger charge is 2.26. The molecule has 1 aromatic carbocycles. The Kier molecular flexibility index (Phi) is 11.1. The summed E-state index contributed by atoms with van der Waals surface area (Å²) in [5.74, 6) is -0.160. The van der Waals surface area contributed by atoms with E-state index in [0.29, 0.717) is 18.2 Å². The molecule has 0 atom stereocenters. The van der Waals surface area contributed by atoms with E-state index in [-0.39, 0.29) is 31.5 Å². The summed E-state index contributed by atoms with van der Waals surface area (Å²) in [4.78, 5) is 27.7. The Labute approximate surface area is 273 Å². The van der Waals surface area contributed by atoms with E-state index >= 15 is 0 Å². The van der Waals surface area contributed by atoms with Crippen LogP contribution in [0.4, 0.5) is 10.7 Å². The van der Waals surface area contributed by atoms with Crippen LogP contribution in [0.5, 0.6) is 5.19 Å². The minimum Gasteiger partial charge on any atom is -0.467 e. The van der Waals surface area contributed by atoms with Gasteiger partial charge in [0.25, 0.3) is 15.3 Å². The second-order valence-electron chi connectivity index (χ2n) is 11.2. The number of carbonyl (C=O) groups is 1. The first-order chi connectivity index (χ1) is 22.0. The van der Waals surface area contributed by atoms with Gasteiger partial charge in [-0.05, 0) is 41.7 Å². The van der Waals surface area contributed by atoms with Crippen LogP contribution < -0.4 is 20.3 Å². The highest BCUT2D eigenvalue weighted by molar-refractivity contribution is 7.89. The molecule has 4 heterocycles. The smallest absolute Gasteiger partial charge is 0.314 e. The topological polar surface area (TPSA) is 184 Å². The molecule has 0 radical (unpaired) electrons. The Morgan fingerprint density at radius 1 is 1.07 bits per heavy atom. The van der Waals surface area contributed by atoms with Crippen LogP contribution in [0.3, 0.4) is 0 Å². The number of sulfonamides is 1. The number of aryl methyl sites for hydroxylation is 1. The molecule has 2 aromatic heterocycles. The van der Waals surface area contributed by atoms with Crippen molar-refractivity contribution in [1.82, 2.24) is 29.9 Å². The molecule has 3 N–H and O–H groups in total. The van der Waals surface area contributed by atoms with Gasteiger partial charge in [0.2, 0.25) is 16.0 Å². The number of aromatic nitrogens is 3. The minimum absolute atomic E-state index is 0.0688. The monoisotopic (exact) mass is 693 g/mol. The van der Waals surface area contributed by atoms with Crippen molar-refractivity contribution in [2.45, 2.75) is 45.1 Å². The molecule has 0 bridgehead atoms. The minimum atomic E-state index is -4.19. The number of ether oxygens (including phenoxy) is 1. The highest BCUT2D eigenvalue weighted by Crippen LogP contribution is 2.33. The Morgan fingerprint density at radius 2 is 1.78 bits per heavy atom. The van der Waals surface area contributed by atoms with Gasteiger partial charge in [-0.25, -0.2) is 28.2 Å². The number of hydrogen-bond donors (Lipinski definition) is 3. The van der Waals surface area contributed by atoms with E-state index < -0.39 is 31.9 Å². The Hall–Kier alpha value is -3.38. The maximum absolute atomic E-state index is 12.8. The summed E-state index contributed by atoms with van der Waals surface area (Å²) in [6.07, 6.45) is 10.1. The van der Waals surface area contributed by atoms with Crippen molar-refractivity contribution >= 4 is 59.2 Å². The van der Waals surface area contributed by atoms with Crippen LogP contribution in [-0.2, 0) is 26.6 Å². The lowest BCUT2D eigenvalue weighted by molar-refractivity contribution is 0.170. The Balaban J connectivity index is 1.09. The number of fused-ring (bicyclic) bond motifs is 1. The van der Waals surface area contributed by atoms with E-state index in [1.807, 2.05) is 30.6 Å². The molecule has 0 unspecified atom stereocenters. The van der Waals surface area contributed by atoms with E-state index in [1.165, 1.54) is 15.6 Å². The molecule has 14 nitrogen and oxygen atoms in total. The van der Waals surface area contributed by atoms with Crippen LogP contribution in [0.25, 0.3) is 15.8 Å². The molecular weight excluding hydrogens is 655 g/mol.